The minimum absolute atomic E-state index is 0.374. The van der Waals surface area contributed by atoms with E-state index in [1.165, 1.54) is 13.4 Å². The molecule has 0 aliphatic heterocycles. The number of rotatable bonds is 5. The molecule has 2 N–H and O–H groups in total. The molecule has 0 aliphatic carbocycles. The minimum atomic E-state index is -0.374. The molecule has 7 heteroatoms. The molecule has 0 unspecified atom stereocenters. The average molecular weight is 355 g/mol. The molecule has 0 saturated heterocycles. The average Bonchev–Trinajstić information content (AvgIpc) is 2.62. The second-order valence-corrected chi connectivity index (χ2v) is 5.55. The number of ether oxygens (including phenoxy) is 1. The summed E-state index contributed by atoms with van der Waals surface area (Å²) in [5.41, 5.74) is 2.11. The number of aromatic nitrogens is 2. The van der Waals surface area contributed by atoms with Gasteiger partial charge in [0, 0.05) is 22.5 Å². The molecule has 126 valence electrons. The van der Waals surface area contributed by atoms with Gasteiger partial charge in [-0.15, -0.1) is 0 Å². The number of hydrogen-bond donors (Lipinski definition) is 2. The summed E-state index contributed by atoms with van der Waals surface area (Å²) in [6.45, 7) is 0. The van der Waals surface area contributed by atoms with Crippen molar-refractivity contribution >= 4 is 40.6 Å². The summed E-state index contributed by atoms with van der Waals surface area (Å²) >= 11 is 5.98. The van der Waals surface area contributed by atoms with E-state index in [2.05, 4.69) is 25.3 Å². The number of halogens is 1. The summed E-state index contributed by atoms with van der Waals surface area (Å²) in [7, 11) is 1.35. The van der Waals surface area contributed by atoms with Gasteiger partial charge in [-0.05, 0) is 42.5 Å². The maximum atomic E-state index is 11.4. The van der Waals surface area contributed by atoms with Gasteiger partial charge >= 0.3 is 5.97 Å². The lowest BCUT2D eigenvalue weighted by Gasteiger charge is -2.09. The number of hydrogen-bond acceptors (Lipinski definition) is 6. The Morgan fingerprint density at radius 1 is 0.960 bits per heavy atom. The van der Waals surface area contributed by atoms with Crippen molar-refractivity contribution in [1.82, 2.24) is 9.97 Å². The SMILES string of the molecule is COC(=O)c1ccc(Nc2cc(Nc3cccc(Cl)c3)ncn2)cc1. The fourth-order valence-electron chi connectivity index (χ4n) is 2.16. The highest BCUT2D eigenvalue weighted by Gasteiger charge is 2.05. The van der Waals surface area contributed by atoms with Gasteiger partial charge in [0.05, 0.1) is 12.7 Å². The third-order valence-corrected chi connectivity index (χ3v) is 3.58. The van der Waals surface area contributed by atoms with Crippen LogP contribution in [0.5, 0.6) is 0 Å². The van der Waals surface area contributed by atoms with Crippen LogP contribution in [-0.2, 0) is 4.74 Å². The molecule has 6 nitrogen and oxygen atoms in total. The van der Waals surface area contributed by atoms with E-state index in [4.69, 9.17) is 11.6 Å². The van der Waals surface area contributed by atoms with Crippen LogP contribution in [0.25, 0.3) is 0 Å². The molecule has 1 heterocycles. The lowest BCUT2D eigenvalue weighted by atomic mass is 10.2. The number of methoxy groups -OCH3 is 1. The standard InChI is InChI=1S/C18H15ClN4O2/c1-25-18(24)12-5-7-14(8-6-12)22-16-10-17(21-11-20-16)23-15-4-2-3-13(19)9-15/h2-11H,1H3,(H2,20,21,22,23). The fourth-order valence-corrected chi connectivity index (χ4v) is 2.35. The Kier molecular flexibility index (Phi) is 5.11. The first-order chi connectivity index (χ1) is 12.1. The highest BCUT2D eigenvalue weighted by atomic mass is 35.5. The van der Waals surface area contributed by atoms with Crippen LogP contribution in [0.2, 0.25) is 5.02 Å². The zero-order chi connectivity index (χ0) is 17.6. The number of nitrogens with one attached hydrogen (secondary N) is 2. The van der Waals surface area contributed by atoms with E-state index < -0.39 is 0 Å². The Labute approximate surface area is 149 Å². The normalized spacial score (nSPS) is 10.2. The number of carbonyl (C=O) groups excluding carboxylic acids is 1. The monoisotopic (exact) mass is 354 g/mol. The van der Waals surface area contributed by atoms with E-state index in [-0.39, 0.29) is 5.97 Å². The van der Waals surface area contributed by atoms with Crippen molar-refractivity contribution in [3.63, 3.8) is 0 Å². The Hall–Kier alpha value is -3.12. The second-order valence-electron chi connectivity index (χ2n) is 5.12. The van der Waals surface area contributed by atoms with Crippen LogP contribution in [0.4, 0.5) is 23.0 Å². The molecule has 0 radical (unpaired) electrons. The predicted molar refractivity (Wildman–Crippen MR) is 97.8 cm³/mol. The number of carbonyl (C=O) groups is 1. The zero-order valence-corrected chi connectivity index (χ0v) is 14.1. The van der Waals surface area contributed by atoms with Crippen molar-refractivity contribution in [2.45, 2.75) is 0 Å². The van der Waals surface area contributed by atoms with Crippen molar-refractivity contribution in [2.24, 2.45) is 0 Å². The van der Waals surface area contributed by atoms with Crippen LogP contribution in [0.3, 0.4) is 0 Å². The van der Waals surface area contributed by atoms with Crippen LogP contribution >= 0.6 is 11.6 Å². The quantitative estimate of drug-likeness (QED) is 0.661. The van der Waals surface area contributed by atoms with Crippen LogP contribution in [0.1, 0.15) is 10.4 Å². The highest BCUT2D eigenvalue weighted by molar-refractivity contribution is 6.30. The molecular formula is C18H15ClN4O2. The molecule has 0 spiro atoms. The molecule has 0 aliphatic rings. The number of esters is 1. The second kappa shape index (κ2) is 7.63. The first-order valence-electron chi connectivity index (χ1n) is 7.44. The smallest absolute Gasteiger partial charge is 0.337 e. The zero-order valence-electron chi connectivity index (χ0n) is 13.4. The Morgan fingerprint density at radius 3 is 2.28 bits per heavy atom. The lowest BCUT2D eigenvalue weighted by molar-refractivity contribution is 0.0601. The molecule has 0 saturated carbocycles. The number of anilines is 4. The third-order valence-electron chi connectivity index (χ3n) is 3.34. The molecule has 0 amide bonds. The maximum Gasteiger partial charge on any atom is 0.337 e. The van der Waals surface area contributed by atoms with Crippen LogP contribution < -0.4 is 10.6 Å². The summed E-state index contributed by atoms with van der Waals surface area (Å²) in [5.74, 6) is 0.873. The van der Waals surface area contributed by atoms with Crippen molar-refractivity contribution in [3.8, 4) is 0 Å². The number of nitrogens with zero attached hydrogens (tertiary/aromatic N) is 2. The largest absolute Gasteiger partial charge is 0.465 e. The van der Waals surface area contributed by atoms with E-state index in [0.717, 1.165) is 11.4 Å². The van der Waals surface area contributed by atoms with E-state index in [9.17, 15) is 4.79 Å². The Bertz CT molecular complexity index is 884. The van der Waals surface area contributed by atoms with Gasteiger partial charge in [0.2, 0.25) is 0 Å². The molecule has 0 fully saturated rings. The molecule has 0 bridgehead atoms. The third kappa shape index (κ3) is 4.45. The molecule has 1 aromatic heterocycles. The van der Waals surface area contributed by atoms with Gasteiger partial charge in [0.15, 0.2) is 0 Å². The lowest BCUT2D eigenvalue weighted by Crippen LogP contribution is -2.01. The van der Waals surface area contributed by atoms with E-state index in [1.807, 2.05) is 18.2 Å². The van der Waals surface area contributed by atoms with Crippen molar-refractivity contribution in [1.29, 1.82) is 0 Å². The molecule has 2 aromatic carbocycles. The highest BCUT2D eigenvalue weighted by Crippen LogP contribution is 2.21. The maximum absolute atomic E-state index is 11.4. The van der Waals surface area contributed by atoms with Crippen molar-refractivity contribution in [2.75, 3.05) is 17.7 Å². The van der Waals surface area contributed by atoms with Crippen LogP contribution in [-0.4, -0.2) is 23.0 Å². The molecule has 25 heavy (non-hydrogen) atoms. The molecule has 0 atom stereocenters. The first-order valence-corrected chi connectivity index (χ1v) is 7.82. The van der Waals surface area contributed by atoms with Gasteiger partial charge < -0.3 is 15.4 Å². The summed E-state index contributed by atoms with van der Waals surface area (Å²) in [6, 6.07) is 16.0. The number of benzene rings is 2. The van der Waals surface area contributed by atoms with Crippen LogP contribution in [0.15, 0.2) is 60.9 Å². The van der Waals surface area contributed by atoms with Gasteiger partial charge in [-0.25, -0.2) is 14.8 Å². The topological polar surface area (TPSA) is 76.1 Å². The van der Waals surface area contributed by atoms with E-state index in [0.29, 0.717) is 22.2 Å². The fraction of sp³-hybridized carbons (Fsp3) is 0.0556. The minimum Gasteiger partial charge on any atom is -0.465 e. The Balaban J connectivity index is 1.72. The van der Waals surface area contributed by atoms with Crippen molar-refractivity contribution in [3.05, 3.63) is 71.5 Å². The summed E-state index contributed by atoms with van der Waals surface area (Å²) < 4.78 is 4.68. The summed E-state index contributed by atoms with van der Waals surface area (Å²) in [6.07, 6.45) is 1.46. The van der Waals surface area contributed by atoms with Gasteiger partial charge in [-0.1, -0.05) is 17.7 Å². The molecule has 3 aromatic rings. The molecular weight excluding hydrogens is 340 g/mol. The van der Waals surface area contributed by atoms with Gasteiger partial charge in [0.25, 0.3) is 0 Å². The van der Waals surface area contributed by atoms with Crippen molar-refractivity contribution < 1.29 is 9.53 Å². The van der Waals surface area contributed by atoms with Crippen LogP contribution in [0, 0.1) is 0 Å². The predicted octanol–water partition coefficient (Wildman–Crippen LogP) is 4.40. The summed E-state index contributed by atoms with van der Waals surface area (Å²) in [4.78, 5) is 19.8. The first kappa shape index (κ1) is 16.7. The Morgan fingerprint density at radius 2 is 1.64 bits per heavy atom. The molecule has 3 rings (SSSR count). The van der Waals surface area contributed by atoms with E-state index >= 15 is 0 Å². The van der Waals surface area contributed by atoms with Gasteiger partial charge in [-0.2, -0.15) is 0 Å². The van der Waals surface area contributed by atoms with Gasteiger partial charge in [0.1, 0.15) is 18.0 Å². The summed E-state index contributed by atoms with van der Waals surface area (Å²) in [5, 5.41) is 6.96. The van der Waals surface area contributed by atoms with Gasteiger partial charge in [-0.3, -0.25) is 0 Å². The van der Waals surface area contributed by atoms with E-state index in [1.54, 1.807) is 36.4 Å².